The molecule has 3 rings (SSSR count). The van der Waals surface area contributed by atoms with Gasteiger partial charge in [-0.1, -0.05) is 29.8 Å². The van der Waals surface area contributed by atoms with Gasteiger partial charge in [0.25, 0.3) is 0 Å². The molecule has 0 aliphatic carbocycles. The van der Waals surface area contributed by atoms with Gasteiger partial charge in [-0.25, -0.2) is 0 Å². The van der Waals surface area contributed by atoms with E-state index >= 15 is 0 Å². The van der Waals surface area contributed by atoms with Crippen LogP contribution in [0.3, 0.4) is 0 Å². The second kappa shape index (κ2) is 4.56. The molecule has 0 aliphatic rings. The fraction of sp³-hybridized carbons (Fsp3) is 0.188. The Morgan fingerprint density at radius 1 is 1.20 bits per heavy atom. The summed E-state index contributed by atoms with van der Waals surface area (Å²) in [6.45, 7) is 4.00. The van der Waals surface area contributed by atoms with Crippen molar-refractivity contribution in [1.82, 2.24) is 9.78 Å². The zero-order valence-corrected chi connectivity index (χ0v) is 11.8. The molecule has 2 heterocycles. The van der Waals surface area contributed by atoms with E-state index in [-0.39, 0.29) is 0 Å². The summed E-state index contributed by atoms with van der Waals surface area (Å²) in [4.78, 5) is 0. The van der Waals surface area contributed by atoms with Gasteiger partial charge < -0.3 is 10.2 Å². The number of aromatic nitrogens is 2. The van der Waals surface area contributed by atoms with Crippen molar-refractivity contribution in [3.05, 3.63) is 47.9 Å². The molecule has 2 N–H and O–H groups in total. The highest BCUT2D eigenvalue weighted by molar-refractivity contribution is 5.88. The molecule has 0 atom stereocenters. The average molecular weight is 267 g/mol. The zero-order valence-electron chi connectivity index (χ0n) is 11.8. The summed E-state index contributed by atoms with van der Waals surface area (Å²) in [6.07, 6.45) is 1.68. The van der Waals surface area contributed by atoms with Crippen LogP contribution in [0.1, 0.15) is 11.3 Å². The van der Waals surface area contributed by atoms with Crippen LogP contribution in [0.5, 0.6) is 0 Å². The summed E-state index contributed by atoms with van der Waals surface area (Å²) in [5.41, 5.74) is 11.3. The summed E-state index contributed by atoms with van der Waals surface area (Å²) in [5.74, 6) is 1.50. The fourth-order valence-electron chi connectivity index (χ4n) is 2.44. The highest BCUT2D eigenvalue weighted by Crippen LogP contribution is 2.37. The maximum Gasteiger partial charge on any atom is 0.129 e. The molecule has 0 aliphatic heterocycles. The van der Waals surface area contributed by atoms with Crippen LogP contribution in [0.4, 0.5) is 5.82 Å². The number of nitrogens with two attached hydrogens (primary N) is 1. The number of benzene rings is 1. The Hall–Kier alpha value is -2.49. The van der Waals surface area contributed by atoms with E-state index in [4.69, 9.17) is 10.2 Å². The number of aryl methyl sites for hydroxylation is 3. The summed E-state index contributed by atoms with van der Waals surface area (Å²) in [6, 6.07) is 10.2. The molecule has 102 valence electrons. The van der Waals surface area contributed by atoms with E-state index in [0.29, 0.717) is 5.82 Å². The third-order valence-corrected chi connectivity index (χ3v) is 3.51. The van der Waals surface area contributed by atoms with Gasteiger partial charge in [0, 0.05) is 12.6 Å². The minimum Gasteiger partial charge on any atom is -0.469 e. The summed E-state index contributed by atoms with van der Waals surface area (Å²) < 4.78 is 7.10. The van der Waals surface area contributed by atoms with Crippen LogP contribution in [0, 0.1) is 13.8 Å². The minimum atomic E-state index is 0.659. The van der Waals surface area contributed by atoms with E-state index in [0.717, 1.165) is 28.1 Å². The van der Waals surface area contributed by atoms with Crippen LogP contribution in [-0.4, -0.2) is 9.78 Å². The van der Waals surface area contributed by atoms with Gasteiger partial charge in [0.15, 0.2) is 0 Å². The Morgan fingerprint density at radius 3 is 2.65 bits per heavy atom. The number of hydrogen-bond donors (Lipinski definition) is 1. The molecule has 4 heteroatoms. The van der Waals surface area contributed by atoms with Crippen molar-refractivity contribution in [1.29, 1.82) is 0 Å². The molecule has 0 spiro atoms. The van der Waals surface area contributed by atoms with E-state index in [1.165, 1.54) is 5.56 Å². The van der Waals surface area contributed by atoms with Crippen molar-refractivity contribution in [3.63, 3.8) is 0 Å². The van der Waals surface area contributed by atoms with Gasteiger partial charge in [-0.3, -0.25) is 4.68 Å². The second-order valence-electron chi connectivity index (χ2n) is 4.99. The van der Waals surface area contributed by atoms with Crippen molar-refractivity contribution >= 4 is 5.82 Å². The Morgan fingerprint density at radius 2 is 2.00 bits per heavy atom. The van der Waals surface area contributed by atoms with Crippen LogP contribution >= 0.6 is 0 Å². The molecule has 0 fully saturated rings. The molecule has 2 aromatic heterocycles. The average Bonchev–Trinajstić information content (AvgIpc) is 2.94. The molecule has 0 bridgehead atoms. The highest BCUT2D eigenvalue weighted by atomic mass is 16.3. The molecule has 0 radical (unpaired) electrons. The van der Waals surface area contributed by atoms with E-state index in [2.05, 4.69) is 30.2 Å². The second-order valence-corrected chi connectivity index (χ2v) is 4.99. The van der Waals surface area contributed by atoms with E-state index in [9.17, 15) is 0 Å². The molecule has 1 aromatic carbocycles. The highest BCUT2D eigenvalue weighted by Gasteiger charge is 2.19. The topological polar surface area (TPSA) is 57.0 Å². The van der Waals surface area contributed by atoms with E-state index in [1.807, 2.05) is 26.1 Å². The molecule has 20 heavy (non-hydrogen) atoms. The summed E-state index contributed by atoms with van der Waals surface area (Å²) >= 11 is 0. The third kappa shape index (κ3) is 1.90. The lowest BCUT2D eigenvalue weighted by atomic mass is 10.00. The van der Waals surface area contributed by atoms with Gasteiger partial charge in [0.05, 0.1) is 11.8 Å². The first-order chi connectivity index (χ1) is 9.58. The van der Waals surface area contributed by atoms with Crippen molar-refractivity contribution < 1.29 is 4.42 Å². The molecule has 0 amide bonds. The molecule has 3 aromatic rings. The normalized spacial score (nSPS) is 10.9. The third-order valence-electron chi connectivity index (χ3n) is 3.51. The smallest absolute Gasteiger partial charge is 0.129 e. The predicted molar refractivity (Wildman–Crippen MR) is 80.2 cm³/mol. The van der Waals surface area contributed by atoms with Crippen LogP contribution < -0.4 is 5.73 Å². The Bertz CT molecular complexity index is 768. The minimum absolute atomic E-state index is 0.659. The number of furan rings is 1. The number of nitrogens with zero attached hydrogens (tertiary/aromatic N) is 2. The summed E-state index contributed by atoms with van der Waals surface area (Å²) in [5, 5.41) is 4.55. The summed E-state index contributed by atoms with van der Waals surface area (Å²) in [7, 11) is 1.85. The molecule has 0 unspecified atom stereocenters. The molecule has 0 saturated carbocycles. The lowest BCUT2D eigenvalue weighted by Crippen LogP contribution is -1.98. The lowest BCUT2D eigenvalue weighted by molar-refractivity contribution is 0.535. The van der Waals surface area contributed by atoms with Crippen molar-refractivity contribution in [3.8, 4) is 22.4 Å². The Kier molecular flexibility index (Phi) is 2.86. The zero-order chi connectivity index (χ0) is 14.3. The fourth-order valence-corrected chi connectivity index (χ4v) is 2.44. The monoisotopic (exact) mass is 267 g/mol. The maximum absolute atomic E-state index is 6.21. The Labute approximate surface area is 117 Å². The van der Waals surface area contributed by atoms with Crippen LogP contribution in [0.25, 0.3) is 22.4 Å². The van der Waals surface area contributed by atoms with Gasteiger partial charge >= 0.3 is 0 Å². The van der Waals surface area contributed by atoms with Crippen LogP contribution in [0.15, 0.2) is 41.0 Å². The number of anilines is 1. The van der Waals surface area contributed by atoms with Crippen molar-refractivity contribution in [2.45, 2.75) is 13.8 Å². The van der Waals surface area contributed by atoms with Gasteiger partial charge in [-0.2, -0.15) is 5.10 Å². The largest absolute Gasteiger partial charge is 0.469 e. The first kappa shape index (κ1) is 12.5. The van der Waals surface area contributed by atoms with Crippen LogP contribution in [-0.2, 0) is 7.05 Å². The molecule has 4 nitrogen and oxygen atoms in total. The lowest BCUT2D eigenvalue weighted by Gasteiger charge is -2.05. The SMILES string of the molecule is Cc1cccc(-c2c(-c3ccoc3C)nn(C)c2N)c1. The van der Waals surface area contributed by atoms with Crippen LogP contribution in [0.2, 0.25) is 0 Å². The number of nitrogen functional groups attached to an aromatic ring is 1. The standard InChI is InChI=1S/C16H17N3O/c1-10-5-4-6-12(9-10)14-15(18-19(3)16(14)17)13-7-8-20-11(13)2/h4-9H,17H2,1-3H3. The number of hydrogen-bond acceptors (Lipinski definition) is 3. The van der Waals surface area contributed by atoms with Crippen molar-refractivity contribution in [2.24, 2.45) is 7.05 Å². The quantitative estimate of drug-likeness (QED) is 0.772. The van der Waals surface area contributed by atoms with Gasteiger partial charge in [-0.05, 0) is 25.5 Å². The molecular formula is C16H17N3O. The van der Waals surface area contributed by atoms with Gasteiger partial charge in [-0.15, -0.1) is 0 Å². The van der Waals surface area contributed by atoms with Crippen molar-refractivity contribution in [2.75, 3.05) is 5.73 Å². The maximum atomic E-state index is 6.21. The Balaban J connectivity index is 2.28. The molecular weight excluding hydrogens is 250 g/mol. The van der Waals surface area contributed by atoms with E-state index in [1.54, 1.807) is 10.9 Å². The number of rotatable bonds is 2. The van der Waals surface area contributed by atoms with Gasteiger partial charge in [0.2, 0.25) is 0 Å². The van der Waals surface area contributed by atoms with E-state index < -0.39 is 0 Å². The predicted octanol–water partition coefficient (Wildman–Crippen LogP) is 3.55. The first-order valence-electron chi connectivity index (χ1n) is 6.52. The van der Waals surface area contributed by atoms with Gasteiger partial charge in [0.1, 0.15) is 17.3 Å². The molecule has 0 saturated heterocycles. The first-order valence-corrected chi connectivity index (χ1v) is 6.52.